The highest BCUT2D eigenvalue weighted by atomic mass is 35.5. The van der Waals surface area contributed by atoms with E-state index >= 15 is 0 Å². The van der Waals surface area contributed by atoms with Crippen LogP contribution in [-0.4, -0.2) is 11.1 Å². The summed E-state index contributed by atoms with van der Waals surface area (Å²) in [4.78, 5) is 13.1. The molecule has 0 bridgehead atoms. The monoisotopic (exact) mass is 404 g/mol. The number of esters is 1. The molecule has 3 nitrogen and oxygen atoms in total. The number of carbonyl (C=O) groups excluding carboxylic acids is 1. The second-order valence-corrected chi connectivity index (χ2v) is 7.45. The molecule has 0 aliphatic carbocycles. The fourth-order valence-electron chi connectivity index (χ4n) is 3.82. The molecular weight excluding hydrogens is 384 g/mol. The Hall–Kier alpha value is -3.04. The number of hydrogen-bond acceptors (Lipinski definition) is 3. The number of benzene rings is 3. The van der Waals surface area contributed by atoms with E-state index < -0.39 is 11.6 Å². The predicted molar refractivity (Wildman–Crippen MR) is 114 cm³/mol. The van der Waals surface area contributed by atoms with Crippen LogP contribution in [0.15, 0.2) is 96.3 Å². The van der Waals surface area contributed by atoms with Gasteiger partial charge in [0, 0.05) is 23.4 Å². The number of aliphatic hydroxyl groups excluding tert-OH is 1. The van der Waals surface area contributed by atoms with E-state index in [2.05, 4.69) is 0 Å². The minimum Gasteiger partial charge on any atom is -0.512 e. The van der Waals surface area contributed by atoms with Gasteiger partial charge in [0.25, 0.3) is 0 Å². The van der Waals surface area contributed by atoms with E-state index in [1.165, 1.54) is 0 Å². The fourth-order valence-corrected chi connectivity index (χ4v) is 3.99. The summed E-state index contributed by atoms with van der Waals surface area (Å²) in [5.41, 5.74) is 2.78. The number of rotatable bonds is 5. The van der Waals surface area contributed by atoms with Gasteiger partial charge in [0.15, 0.2) is 5.60 Å². The third kappa shape index (κ3) is 3.79. The Morgan fingerprint density at radius 1 is 0.862 bits per heavy atom. The van der Waals surface area contributed by atoms with Gasteiger partial charge in [-0.1, -0.05) is 84.9 Å². The van der Waals surface area contributed by atoms with Crippen LogP contribution in [0.2, 0.25) is 0 Å². The first kappa shape index (κ1) is 19.3. The number of alkyl halides is 1. The van der Waals surface area contributed by atoms with Crippen molar-refractivity contribution in [3.05, 3.63) is 119 Å². The maximum atomic E-state index is 13.1. The van der Waals surface area contributed by atoms with Crippen LogP contribution in [0, 0.1) is 0 Å². The van der Waals surface area contributed by atoms with Gasteiger partial charge in [-0.2, -0.15) is 0 Å². The lowest BCUT2D eigenvalue weighted by molar-refractivity contribution is -0.155. The molecule has 3 aromatic rings. The molecular formula is C25H21ClO3. The minimum absolute atomic E-state index is 0.0604. The van der Waals surface area contributed by atoms with Gasteiger partial charge in [-0.25, -0.2) is 4.79 Å². The Labute approximate surface area is 175 Å². The highest BCUT2D eigenvalue weighted by Gasteiger charge is 2.44. The zero-order valence-electron chi connectivity index (χ0n) is 15.8. The van der Waals surface area contributed by atoms with Gasteiger partial charge in [0.05, 0.1) is 12.0 Å². The summed E-state index contributed by atoms with van der Waals surface area (Å²) in [6.45, 7) is 0. The fraction of sp³-hybridized carbons (Fsp3) is 0.160. The molecule has 0 atom stereocenters. The van der Waals surface area contributed by atoms with Crippen molar-refractivity contribution in [2.75, 3.05) is 0 Å². The van der Waals surface area contributed by atoms with Crippen LogP contribution in [0.3, 0.4) is 0 Å². The maximum Gasteiger partial charge on any atom is 0.339 e. The molecule has 0 aromatic heterocycles. The largest absolute Gasteiger partial charge is 0.512 e. The van der Waals surface area contributed by atoms with Gasteiger partial charge < -0.3 is 9.84 Å². The van der Waals surface area contributed by atoms with Crippen LogP contribution in [-0.2, 0) is 27.4 Å². The Morgan fingerprint density at radius 3 is 2.00 bits per heavy atom. The lowest BCUT2D eigenvalue weighted by atomic mass is 9.80. The highest BCUT2D eigenvalue weighted by Crippen LogP contribution is 2.43. The van der Waals surface area contributed by atoms with Crippen molar-refractivity contribution in [3.63, 3.8) is 0 Å². The van der Waals surface area contributed by atoms with E-state index in [1.807, 2.05) is 84.9 Å². The van der Waals surface area contributed by atoms with Crippen LogP contribution in [0.25, 0.3) is 0 Å². The molecule has 0 amide bonds. The van der Waals surface area contributed by atoms with Crippen LogP contribution in [0.1, 0.15) is 28.7 Å². The second-order valence-electron chi connectivity index (χ2n) is 7.18. The summed E-state index contributed by atoms with van der Waals surface area (Å²) in [5.74, 6) is -0.0444. The van der Waals surface area contributed by atoms with Crippen molar-refractivity contribution in [3.8, 4) is 0 Å². The zero-order valence-corrected chi connectivity index (χ0v) is 16.6. The quantitative estimate of drug-likeness (QED) is 0.440. The van der Waals surface area contributed by atoms with Crippen molar-refractivity contribution >= 4 is 17.6 Å². The number of hydrogen-bond donors (Lipinski definition) is 1. The van der Waals surface area contributed by atoms with Gasteiger partial charge in [-0.15, -0.1) is 11.6 Å². The van der Waals surface area contributed by atoms with Crippen LogP contribution < -0.4 is 0 Å². The molecule has 146 valence electrons. The van der Waals surface area contributed by atoms with Gasteiger partial charge in [0.2, 0.25) is 0 Å². The normalized spacial score (nSPS) is 15.8. The first-order valence-electron chi connectivity index (χ1n) is 9.51. The predicted octanol–water partition coefficient (Wildman–Crippen LogP) is 5.67. The summed E-state index contributed by atoms with van der Waals surface area (Å²) >= 11 is 5.92. The van der Waals surface area contributed by atoms with Gasteiger partial charge in [-0.3, -0.25) is 0 Å². The first-order valence-corrected chi connectivity index (χ1v) is 10.0. The minimum atomic E-state index is -1.05. The number of aliphatic hydroxyl groups is 1. The molecule has 1 heterocycles. The average molecular weight is 405 g/mol. The summed E-state index contributed by atoms with van der Waals surface area (Å²) < 4.78 is 6.08. The number of carbonyl (C=O) groups is 1. The Balaban J connectivity index is 1.75. The zero-order chi connectivity index (χ0) is 20.3. The average Bonchev–Trinajstić information content (AvgIpc) is 2.77. The first-order chi connectivity index (χ1) is 14.1. The van der Waals surface area contributed by atoms with E-state index in [0.717, 1.165) is 22.3 Å². The Kier molecular flexibility index (Phi) is 5.41. The third-order valence-electron chi connectivity index (χ3n) is 5.28. The maximum absolute atomic E-state index is 13.1. The topological polar surface area (TPSA) is 46.5 Å². The number of ether oxygens (including phenoxy) is 1. The van der Waals surface area contributed by atoms with Crippen LogP contribution in [0.4, 0.5) is 0 Å². The summed E-state index contributed by atoms with van der Waals surface area (Å²) in [6.07, 6.45) is 0.492. The molecule has 1 aliphatic rings. The molecule has 3 aromatic carbocycles. The SMILES string of the molecule is O=C1OC(c2ccccc2)(c2ccccc2)CC(O)=C1Cc1cccc(CCl)c1. The molecule has 1 aliphatic heterocycles. The second kappa shape index (κ2) is 8.14. The van der Waals surface area contributed by atoms with Gasteiger partial charge >= 0.3 is 5.97 Å². The summed E-state index contributed by atoms with van der Waals surface area (Å²) in [7, 11) is 0. The van der Waals surface area contributed by atoms with Gasteiger partial charge in [-0.05, 0) is 11.1 Å². The molecule has 1 N–H and O–H groups in total. The molecule has 0 saturated carbocycles. The van der Waals surface area contributed by atoms with Crippen molar-refractivity contribution in [1.82, 2.24) is 0 Å². The number of cyclic esters (lactones) is 1. The molecule has 4 heteroatoms. The Morgan fingerprint density at radius 2 is 1.45 bits per heavy atom. The van der Waals surface area contributed by atoms with Crippen LogP contribution in [0.5, 0.6) is 0 Å². The van der Waals surface area contributed by atoms with Gasteiger partial charge in [0.1, 0.15) is 5.76 Å². The van der Waals surface area contributed by atoms with E-state index in [0.29, 0.717) is 17.9 Å². The van der Waals surface area contributed by atoms with Crippen LogP contribution >= 0.6 is 11.6 Å². The molecule has 0 radical (unpaired) electrons. The van der Waals surface area contributed by atoms with E-state index in [1.54, 1.807) is 0 Å². The highest BCUT2D eigenvalue weighted by molar-refractivity contribution is 6.17. The molecule has 0 fully saturated rings. The van der Waals surface area contributed by atoms with E-state index in [-0.39, 0.29) is 12.2 Å². The molecule has 0 unspecified atom stereocenters. The summed E-state index contributed by atoms with van der Waals surface area (Å²) in [6, 6.07) is 26.8. The Bertz CT molecular complexity index is 1000. The standard InChI is InChI=1S/C25H21ClO3/c26-17-19-9-7-8-18(14-19)15-22-23(27)16-25(29-24(22)28,20-10-3-1-4-11-20)21-12-5-2-6-13-21/h1-14,27H,15-17H2. The lowest BCUT2D eigenvalue weighted by Gasteiger charge is -2.38. The van der Waals surface area contributed by atoms with Crippen molar-refractivity contribution in [1.29, 1.82) is 0 Å². The van der Waals surface area contributed by atoms with E-state index in [9.17, 15) is 9.90 Å². The third-order valence-corrected chi connectivity index (χ3v) is 5.59. The molecule has 0 saturated heterocycles. The lowest BCUT2D eigenvalue weighted by Crippen LogP contribution is -2.39. The van der Waals surface area contributed by atoms with Crippen molar-refractivity contribution in [2.45, 2.75) is 24.3 Å². The van der Waals surface area contributed by atoms with Crippen molar-refractivity contribution in [2.24, 2.45) is 0 Å². The molecule has 29 heavy (non-hydrogen) atoms. The smallest absolute Gasteiger partial charge is 0.339 e. The molecule has 0 spiro atoms. The number of halogens is 1. The van der Waals surface area contributed by atoms with Crippen molar-refractivity contribution < 1.29 is 14.6 Å². The van der Waals surface area contributed by atoms with E-state index in [4.69, 9.17) is 16.3 Å². The molecule has 4 rings (SSSR count). The summed E-state index contributed by atoms with van der Waals surface area (Å²) in [5, 5.41) is 10.9.